The van der Waals surface area contributed by atoms with Gasteiger partial charge in [-0.05, 0) is 49.9 Å². The summed E-state index contributed by atoms with van der Waals surface area (Å²) in [6, 6.07) is 7.96. The highest BCUT2D eigenvalue weighted by molar-refractivity contribution is 5.91. The second-order valence-electron chi connectivity index (χ2n) is 5.99. The standard InChI is InChI=1S/C17H19N3O5/c1-17(10-18,12-4-5-12)20-15(22)9-25-16(23)11-2-6-13(7-3-11)24-8-14(19)21/h2-3,6-7,12H,4-5,8-9H2,1H3,(H2,19,21)(H,20,22). The van der Waals surface area contributed by atoms with Crippen LogP contribution in [0.15, 0.2) is 24.3 Å². The van der Waals surface area contributed by atoms with Gasteiger partial charge in [-0.3, -0.25) is 9.59 Å². The zero-order valence-corrected chi connectivity index (χ0v) is 13.8. The fourth-order valence-electron chi connectivity index (χ4n) is 2.26. The summed E-state index contributed by atoms with van der Waals surface area (Å²) >= 11 is 0. The van der Waals surface area contributed by atoms with Gasteiger partial charge in [0.2, 0.25) is 0 Å². The number of nitrogens with one attached hydrogen (secondary N) is 1. The molecule has 1 aromatic rings. The smallest absolute Gasteiger partial charge is 0.338 e. The van der Waals surface area contributed by atoms with E-state index in [1.54, 1.807) is 6.92 Å². The molecule has 0 radical (unpaired) electrons. The number of carbonyl (C=O) groups is 3. The van der Waals surface area contributed by atoms with E-state index in [9.17, 15) is 19.6 Å². The number of nitrogens with two attached hydrogens (primary N) is 1. The molecule has 132 valence electrons. The van der Waals surface area contributed by atoms with Gasteiger partial charge in [0, 0.05) is 0 Å². The molecule has 0 heterocycles. The molecular weight excluding hydrogens is 326 g/mol. The van der Waals surface area contributed by atoms with Gasteiger partial charge in [-0.15, -0.1) is 0 Å². The molecule has 1 saturated carbocycles. The summed E-state index contributed by atoms with van der Waals surface area (Å²) in [6.07, 6.45) is 1.79. The van der Waals surface area contributed by atoms with E-state index in [-0.39, 0.29) is 18.1 Å². The first-order valence-corrected chi connectivity index (χ1v) is 7.74. The molecule has 0 spiro atoms. The number of ether oxygens (including phenoxy) is 2. The summed E-state index contributed by atoms with van der Waals surface area (Å²) in [7, 11) is 0. The Labute approximate surface area is 144 Å². The molecule has 1 aromatic carbocycles. The quantitative estimate of drug-likeness (QED) is 0.660. The highest BCUT2D eigenvalue weighted by atomic mass is 16.5. The van der Waals surface area contributed by atoms with E-state index in [0.717, 1.165) is 12.8 Å². The average molecular weight is 345 g/mol. The van der Waals surface area contributed by atoms with Crippen LogP contribution in [0.5, 0.6) is 5.75 Å². The van der Waals surface area contributed by atoms with Crippen LogP contribution in [0, 0.1) is 17.2 Å². The van der Waals surface area contributed by atoms with Gasteiger partial charge in [-0.1, -0.05) is 0 Å². The molecule has 3 N–H and O–H groups in total. The predicted octanol–water partition coefficient (Wildman–Crippen LogP) is 0.516. The van der Waals surface area contributed by atoms with E-state index in [4.69, 9.17) is 15.2 Å². The number of amides is 2. The number of hydrogen-bond acceptors (Lipinski definition) is 6. The SMILES string of the molecule is CC(C#N)(NC(=O)COC(=O)c1ccc(OCC(N)=O)cc1)C1CC1. The number of rotatable bonds is 8. The first-order chi connectivity index (χ1) is 11.8. The number of nitriles is 1. The lowest BCUT2D eigenvalue weighted by Gasteiger charge is -2.22. The van der Waals surface area contributed by atoms with Crippen molar-refractivity contribution in [1.82, 2.24) is 5.32 Å². The first kappa shape index (κ1) is 18.3. The van der Waals surface area contributed by atoms with Crippen molar-refractivity contribution in [2.75, 3.05) is 13.2 Å². The van der Waals surface area contributed by atoms with Gasteiger partial charge in [-0.25, -0.2) is 4.79 Å². The van der Waals surface area contributed by atoms with Crippen molar-refractivity contribution in [3.63, 3.8) is 0 Å². The molecule has 0 aromatic heterocycles. The van der Waals surface area contributed by atoms with Crippen molar-refractivity contribution in [3.8, 4) is 11.8 Å². The Morgan fingerprint density at radius 3 is 2.44 bits per heavy atom. The van der Waals surface area contributed by atoms with E-state index in [1.807, 2.05) is 0 Å². The zero-order chi connectivity index (χ0) is 18.4. The van der Waals surface area contributed by atoms with Crippen LogP contribution in [0.2, 0.25) is 0 Å². The summed E-state index contributed by atoms with van der Waals surface area (Å²) in [5.74, 6) is -1.29. The van der Waals surface area contributed by atoms with Gasteiger partial charge in [0.15, 0.2) is 13.2 Å². The minimum atomic E-state index is -0.928. The molecule has 1 aliphatic carbocycles. The normalized spacial score (nSPS) is 15.4. The van der Waals surface area contributed by atoms with Crippen LogP contribution in [-0.2, 0) is 14.3 Å². The Bertz CT molecular complexity index is 706. The molecule has 0 aliphatic heterocycles. The molecule has 8 nitrogen and oxygen atoms in total. The van der Waals surface area contributed by atoms with E-state index < -0.39 is 29.9 Å². The molecule has 0 bridgehead atoms. The summed E-state index contributed by atoms with van der Waals surface area (Å²) in [5, 5.41) is 11.8. The summed E-state index contributed by atoms with van der Waals surface area (Å²) < 4.78 is 10.0. The lowest BCUT2D eigenvalue weighted by atomic mass is 9.98. The minimum Gasteiger partial charge on any atom is -0.484 e. The third-order valence-corrected chi connectivity index (χ3v) is 3.83. The minimum absolute atomic E-state index is 0.144. The lowest BCUT2D eigenvalue weighted by molar-refractivity contribution is -0.125. The van der Waals surface area contributed by atoms with Crippen molar-refractivity contribution in [3.05, 3.63) is 29.8 Å². The molecule has 1 fully saturated rings. The monoisotopic (exact) mass is 345 g/mol. The highest BCUT2D eigenvalue weighted by Gasteiger charge is 2.43. The Balaban J connectivity index is 1.82. The number of nitrogens with zero attached hydrogens (tertiary/aromatic N) is 1. The number of carbonyl (C=O) groups excluding carboxylic acids is 3. The number of benzene rings is 1. The zero-order valence-electron chi connectivity index (χ0n) is 13.8. The van der Waals surface area contributed by atoms with Crippen molar-refractivity contribution < 1.29 is 23.9 Å². The van der Waals surface area contributed by atoms with Gasteiger partial charge in [0.25, 0.3) is 11.8 Å². The molecule has 8 heteroatoms. The van der Waals surface area contributed by atoms with E-state index in [0.29, 0.717) is 5.75 Å². The molecule has 0 saturated heterocycles. The Hall–Kier alpha value is -3.08. The van der Waals surface area contributed by atoms with Crippen LogP contribution < -0.4 is 15.8 Å². The third-order valence-electron chi connectivity index (χ3n) is 3.83. The number of esters is 1. The average Bonchev–Trinajstić information content (AvgIpc) is 3.43. The topological polar surface area (TPSA) is 132 Å². The number of primary amides is 1. The maximum atomic E-state index is 11.9. The summed E-state index contributed by atoms with van der Waals surface area (Å²) in [5.41, 5.74) is 4.27. The van der Waals surface area contributed by atoms with Gasteiger partial charge in [0.05, 0.1) is 11.6 Å². The molecule has 25 heavy (non-hydrogen) atoms. The van der Waals surface area contributed by atoms with E-state index >= 15 is 0 Å². The molecular formula is C17H19N3O5. The summed E-state index contributed by atoms with van der Waals surface area (Å²) in [6.45, 7) is 0.931. The Morgan fingerprint density at radius 1 is 1.28 bits per heavy atom. The highest BCUT2D eigenvalue weighted by Crippen LogP contribution is 2.39. The van der Waals surface area contributed by atoms with Crippen molar-refractivity contribution in [2.24, 2.45) is 11.7 Å². The van der Waals surface area contributed by atoms with Gasteiger partial charge >= 0.3 is 5.97 Å². The Kier molecular flexibility index (Phi) is 5.60. The second-order valence-corrected chi connectivity index (χ2v) is 5.99. The van der Waals surface area contributed by atoms with Gasteiger partial charge in [-0.2, -0.15) is 5.26 Å². The predicted molar refractivity (Wildman–Crippen MR) is 86.3 cm³/mol. The maximum Gasteiger partial charge on any atom is 0.338 e. The van der Waals surface area contributed by atoms with Crippen LogP contribution in [0.25, 0.3) is 0 Å². The fourth-order valence-corrected chi connectivity index (χ4v) is 2.26. The second kappa shape index (κ2) is 7.66. The molecule has 2 rings (SSSR count). The number of hydrogen-bond donors (Lipinski definition) is 2. The van der Waals surface area contributed by atoms with E-state index in [1.165, 1.54) is 24.3 Å². The molecule has 2 amide bonds. The molecule has 1 unspecified atom stereocenters. The fraction of sp³-hybridized carbons (Fsp3) is 0.412. The van der Waals surface area contributed by atoms with Crippen molar-refractivity contribution >= 4 is 17.8 Å². The Morgan fingerprint density at radius 2 is 1.92 bits per heavy atom. The van der Waals surface area contributed by atoms with Crippen molar-refractivity contribution in [2.45, 2.75) is 25.3 Å². The molecule has 1 aliphatic rings. The van der Waals surface area contributed by atoms with Crippen LogP contribution >= 0.6 is 0 Å². The maximum absolute atomic E-state index is 11.9. The largest absolute Gasteiger partial charge is 0.484 e. The van der Waals surface area contributed by atoms with E-state index in [2.05, 4.69) is 11.4 Å². The summed E-state index contributed by atoms with van der Waals surface area (Å²) in [4.78, 5) is 34.4. The van der Waals surface area contributed by atoms with Crippen LogP contribution in [-0.4, -0.2) is 36.5 Å². The van der Waals surface area contributed by atoms with Crippen molar-refractivity contribution in [1.29, 1.82) is 5.26 Å². The third kappa shape index (κ3) is 5.21. The van der Waals surface area contributed by atoms with Gasteiger partial charge in [0.1, 0.15) is 11.3 Å². The van der Waals surface area contributed by atoms with Gasteiger partial charge < -0.3 is 20.5 Å². The van der Waals surface area contributed by atoms with Crippen LogP contribution in [0.3, 0.4) is 0 Å². The molecule has 1 atom stereocenters. The first-order valence-electron chi connectivity index (χ1n) is 7.74. The van der Waals surface area contributed by atoms with Crippen LogP contribution in [0.4, 0.5) is 0 Å². The lowest BCUT2D eigenvalue weighted by Crippen LogP contribution is -2.48. The van der Waals surface area contributed by atoms with Crippen LogP contribution in [0.1, 0.15) is 30.1 Å².